The van der Waals surface area contributed by atoms with E-state index >= 15 is 0 Å². The standard InChI is InChI=1S/C25H28N6OS/c1-15-24(33-16(2)27-15)22-13-17(7-10-26-22)23(32)25-28-20-6-5-19(14-21(20)29-25)31-11-8-18(9-12-31)30(3)4/h5-7,10,13-14,18H,8-9,11-12H2,1-4H3,(H,28,29). The van der Waals surface area contributed by atoms with Crippen molar-refractivity contribution in [3.05, 3.63) is 58.6 Å². The van der Waals surface area contributed by atoms with Crippen molar-refractivity contribution in [1.82, 2.24) is 24.8 Å². The number of rotatable bonds is 5. The Bertz CT molecular complexity index is 1320. The van der Waals surface area contributed by atoms with Crippen LogP contribution in [0.5, 0.6) is 0 Å². The maximum atomic E-state index is 13.2. The van der Waals surface area contributed by atoms with E-state index in [4.69, 9.17) is 0 Å². The minimum atomic E-state index is -0.137. The molecule has 0 atom stereocenters. The van der Waals surface area contributed by atoms with Gasteiger partial charge in [-0.3, -0.25) is 9.78 Å². The van der Waals surface area contributed by atoms with Gasteiger partial charge in [0.25, 0.3) is 0 Å². The molecule has 33 heavy (non-hydrogen) atoms. The molecule has 170 valence electrons. The van der Waals surface area contributed by atoms with Gasteiger partial charge >= 0.3 is 0 Å². The molecule has 7 nitrogen and oxygen atoms in total. The molecule has 1 saturated heterocycles. The number of pyridine rings is 1. The summed E-state index contributed by atoms with van der Waals surface area (Å²) < 4.78 is 0. The van der Waals surface area contributed by atoms with E-state index in [1.165, 1.54) is 5.69 Å². The molecule has 1 aromatic carbocycles. The second kappa shape index (κ2) is 8.68. The molecule has 5 rings (SSSR count). The number of benzene rings is 1. The van der Waals surface area contributed by atoms with Crippen molar-refractivity contribution < 1.29 is 4.79 Å². The second-order valence-electron chi connectivity index (χ2n) is 8.87. The Balaban J connectivity index is 1.39. The van der Waals surface area contributed by atoms with Gasteiger partial charge in [0.05, 0.1) is 32.3 Å². The lowest BCUT2D eigenvalue weighted by Gasteiger charge is -2.36. The summed E-state index contributed by atoms with van der Waals surface area (Å²) in [6.45, 7) is 6.01. The third-order valence-electron chi connectivity index (χ3n) is 6.40. The average molecular weight is 461 g/mol. The molecule has 4 aromatic rings. The molecule has 4 heterocycles. The Labute approximate surface area is 197 Å². The van der Waals surface area contributed by atoms with Gasteiger partial charge in [-0.15, -0.1) is 11.3 Å². The molecule has 1 N–H and O–H groups in total. The minimum absolute atomic E-state index is 0.137. The highest BCUT2D eigenvalue weighted by molar-refractivity contribution is 7.15. The van der Waals surface area contributed by atoms with E-state index in [1.807, 2.05) is 26.0 Å². The SMILES string of the molecule is Cc1nc(C)c(-c2cc(C(=O)c3nc4ccc(N5CCC(N(C)C)CC5)cc4[nH]3)ccn2)s1. The summed E-state index contributed by atoms with van der Waals surface area (Å²) in [6, 6.07) is 10.4. The average Bonchev–Trinajstić information content (AvgIpc) is 3.40. The van der Waals surface area contributed by atoms with Crippen molar-refractivity contribution in [3.63, 3.8) is 0 Å². The van der Waals surface area contributed by atoms with E-state index in [0.29, 0.717) is 17.4 Å². The lowest BCUT2D eigenvalue weighted by molar-refractivity contribution is 0.103. The van der Waals surface area contributed by atoms with E-state index < -0.39 is 0 Å². The van der Waals surface area contributed by atoms with Crippen molar-refractivity contribution >= 4 is 33.8 Å². The van der Waals surface area contributed by atoms with Gasteiger partial charge in [0, 0.05) is 36.6 Å². The van der Waals surface area contributed by atoms with Crippen LogP contribution in [0.15, 0.2) is 36.5 Å². The van der Waals surface area contributed by atoms with Crippen LogP contribution in [0.2, 0.25) is 0 Å². The highest BCUT2D eigenvalue weighted by Gasteiger charge is 2.22. The normalized spacial score (nSPS) is 15.0. The van der Waals surface area contributed by atoms with Crippen LogP contribution in [-0.2, 0) is 0 Å². The van der Waals surface area contributed by atoms with Crippen molar-refractivity contribution in [2.75, 3.05) is 32.1 Å². The first-order chi connectivity index (χ1) is 15.9. The zero-order valence-electron chi connectivity index (χ0n) is 19.4. The number of imidazole rings is 1. The molecule has 0 radical (unpaired) electrons. The van der Waals surface area contributed by atoms with E-state index in [1.54, 1.807) is 23.6 Å². The van der Waals surface area contributed by atoms with E-state index in [-0.39, 0.29) is 5.78 Å². The summed E-state index contributed by atoms with van der Waals surface area (Å²) >= 11 is 1.59. The molecule has 0 spiro atoms. The van der Waals surface area contributed by atoms with Crippen LogP contribution in [-0.4, -0.2) is 63.8 Å². The van der Waals surface area contributed by atoms with E-state index in [2.05, 4.69) is 56.0 Å². The quantitative estimate of drug-likeness (QED) is 0.443. The highest BCUT2D eigenvalue weighted by atomic mass is 32.1. The van der Waals surface area contributed by atoms with Gasteiger partial charge < -0.3 is 14.8 Å². The van der Waals surface area contributed by atoms with Crippen LogP contribution in [0.1, 0.15) is 39.7 Å². The van der Waals surface area contributed by atoms with E-state index in [0.717, 1.165) is 58.2 Å². The van der Waals surface area contributed by atoms with Gasteiger partial charge in [-0.05, 0) is 71.1 Å². The lowest BCUT2D eigenvalue weighted by Crippen LogP contribution is -2.41. The Morgan fingerprint density at radius 2 is 1.91 bits per heavy atom. The number of ketones is 1. The number of carbonyl (C=O) groups excluding carboxylic acids is 1. The third-order valence-corrected chi connectivity index (χ3v) is 7.49. The zero-order chi connectivity index (χ0) is 23.1. The summed E-state index contributed by atoms with van der Waals surface area (Å²) in [4.78, 5) is 35.7. The largest absolute Gasteiger partial charge is 0.371 e. The van der Waals surface area contributed by atoms with Crippen LogP contribution in [0, 0.1) is 13.8 Å². The number of nitrogens with zero attached hydrogens (tertiary/aromatic N) is 5. The molecule has 1 aliphatic rings. The number of hydrogen-bond acceptors (Lipinski definition) is 7. The van der Waals surface area contributed by atoms with Gasteiger partial charge in [-0.25, -0.2) is 9.97 Å². The molecular formula is C25H28N6OS. The Kier molecular flexibility index (Phi) is 5.72. The smallest absolute Gasteiger partial charge is 0.228 e. The van der Waals surface area contributed by atoms with Crippen LogP contribution >= 0.6 is 11.3 Å². The number of hydrogen-bond donors (Lipinski definition) is 1. The predicted molar refractivity (Wildman–Crippen MR) is 133 cm³/mol. The molecule has 1 fully saturated rings. The molecule has 0 saturated carbocycles. The fourth-order valence-electron chi connectivity index (χ4n) is 4.54. The molecule has 0 amide bonds. The highest BCUT2D eigenvalue weighted by Crippen LogP contribution is 2.29. The first-order valence-electron chi connectivity index (χ1n) is 11.3. The van der Waals surface area contributed by atoms with Gasteiger partial charge in [0.15, 0.2) is 5.82 Å². The number of aromatic amines is 1. The second-order valence-corrected chi connectivity index (χ2v) is 10.1. The van der Waals surface area contributed by atoms with Crippen molar-refractivity contribution in [2.24, 2.45) is 0 Å². The molecule has 1 aliphatic heterocycles. The third kappa shape index (κ3) is 4.28. The number of nitrogens with one attached hydrogen (secondary N) is 1. The van der Waals surface area contributed by atoms with Crippen LogP contribution < -0.4 is 4.90 Å². The topological polar surface area (TPSA) is 78.0 Å². The van der Waals surface area contributed by atoms with Gasteiger partial charge in [-0.2, -0.15) is 0 Å². The lowest BCUT2D eigenvalue weighted by atomic mass is 10.0. The molecule has 0 unspecified atom stereocenters. The number of H-pyrrole nitrogens is 1. The number of piperidine rings is 1. The molecule has 3 aromatic heterocycles. The fourth-order valence-corrected chi connectivity index (χ4v) is 5.43. The number of carbonyl (C=O) groups is 1. The summed E-state index contributed by atoms with van der Waals surface area (Å²) in [6.07, 6.45) is 3.98. The maximum absolute atomic E-state index is 13.2. The maximum Gasteiger partial charge on any atom is 0.228 e. The number of aromatic nitrogens is 4. The molecule has 8 heteroatoms. The van der Waals surface area contributed by atoms with Gasteiger partial charge in [0.1, 0.15) is 0 Å². The Hall–Kier alpha value is -3.10. The summed E-state index contributed by atoms with van der Waals surface area (Å²) in [5.74, 6) is 0.213. The van der Waals surface area contributed by atoms with Gasteiger partial charge in [0.2, 0.25) is 5.78 Å². The van der Waals surface area contributed by atoms with Crippen LogP contribution in [0.25, 0.3) is 21.6 Å². The Morgan fingerprint density at radius 3 is 2.61 bits per heavy atom. The van der Waals surface area contributed by atoms with Crippen molar-refractivity contribution in [1.29, 1.82) is 0 Å². The number of aryl methyl sites for hydroxylation is 2. The first kappa shape index (κ1) is 21.7. The summed E-state index contributed by atoms with van der Waals surface area (Å²) in [5, 5.41) is 0.986. The fraction of sp³-hybridized carbons (Fsp3) is 0.360. The zero-order valence-corrected chi connectivity index (χ0v) is 20.2. The Morgan fingerprint density at radius 1 is 1.12 bits per heavy atom. The van der Waals surface area contributed by atoms with Gasteiger partial charge in [-0.1, -0.05) is 0 Å². The molecule has 0 bridgehead atoms. The first-order valence-corrected chi connectivity index (χ1v) is 12.1. The predicted octanol–water partition coefficient (Wildman–Crippen LogP) is 4.46. The summed E-state index contributed by atoms with van der Waals surface area (Å²) in [5.41, 5.74) is 5.12. The molecule has 0 aliphatic carbocycles. The summed E-state index contributed by atoms with van der Waals surface area (Å²) in [7, 11) is 4.31. The van der Waals surface area contributed by atoms with Crippen molar-refractivity contribution in [2.45, 2.75) is 32.7 Å². The number of anilines is 1. The van der Waals surface area contributed by atoms with E-state index in [9.17, 15) is 4.79 Å². The number of thiazole rings is 1. The molecular weight excluding hydrogens is 432 g/mol. The number of fused-ring (bicyclic) bond motifs is 1. The van der Waals surface area contributed by atoms with Crippen molar-refractivity contribution in [3.8, 4) is 10.6 Å². The monoisotopic (exact) mass is 460 g/mol. The van der Waals surface area contributed by atoms with Crippen LogP contribution in [0.3, 0.4) is 0 Å². The van der Waals surface area contributed by atoms with Crippen LogP contribution in [0.4, 0.5) is 5.69 Å². The minimum Gasteiger partial charge on any atom is -0.371 e.